The molecule has 0 amide bonds. The summed E-state index contributed by atoms with van der Waals surface area (Å²) in [4.78, 5) is 0. The molecule has 0 saturated heterocycles. The van der Waals surface area contributed by atoms with Gasteiger partial charge in [0.2, 0.25) is 0 Å². The van der Waals surface area contributed by atoms with Gasteiger partial charge in [-0.3, -0.25) is 0 Å². The Bertz CT molecular complexity index is 4190. The largest absolute Gasteiger partial charge is 0.0839 e. The van der Waals surface area contributed by atoms with Gasteiger partial charge in [-0.25, -0.2) is 0 Å². The first-order chi connectivity index (χ1) is 41.0. The van der Waals surface area contributed by atoms with Crippen LogP contribution >= 0.6 is 0 Å². The lowest BCUT2D eigenvalue weighted by Crippen LogP contribution is -2.28. The minimum atomic E-state index is -0.682. The maximum atomic E-state index is 2.63. The minimum Gasteiger partial charge on any atom is -0.0839 e. The summed E-state index contributed by atoms with van der Waals surface area (Å²) in [6.45, 7) is 4.80. The Labute approximate surface area is 490 Å². The Morgan fingerprint density at radius 3 is 1.08 bits per heavy atom. The maximum Gasteiger partial charge on any atom is 0.0723 e. The fourth-order valence-electron chi connectivity index (χ4n) is 13.6. The number of hydrogen-bond acceptors (Lipinski definition) is 0. The van der Waals surface area contributed by atoms with Gasteiger partial charge in [0.1, 0.15) is 0 Å². The first-order valence-electron chi connectivity index (χ1n) is 29.5. The van der Waals surface area contributed by atoms with Gasteiger partial charge in [0, 0.05) is 0 Å². The lowest BCUT2D eigenvalue weighted by Gasteiger charge is -2.34. The van der Waals surface area contributed by atoms with Gasteiger partial charge in [0.15, 0.2) is 0 Å². The molecular weight excluding hydrogens is 997 g/mol. The van der Waals surface area contributed by atoms with Crippen LogP contribution in [-0.4, -0.2) is 0 Å². The number of benzene rings is 10. The molecule has 4 aliphatic rings. The van der Waals surface area contributed by atoms with Crippen LogP contribution in [0.4, 0.5) is 0 Å². The van der Waals surface area contributed by atoms with Crippen LogP contribution in [0.1, 0.15) is 105 Å². The Morgan fingerprint density at radius 2 is 0.699 bits per heavy atom. The van der Waals surface area contributed by atoms with Crippen molar-refractivity contribution in [2.45, 2.75) is 32.1 Å². The van der Waals surface area contributed by atoms with E-state index in [4.69, 9.17) is 0 Å². The summed E-state index contributed by atoms with van der Waals surface area (Å²) in [5.41, 5.74) is 29.5. The van der Waals surface area contributed by atoms with Crippen LogP contribution in [0.2, 0.25) is 0 Å². The highest BCUT2D eigenvalue weighted by Crippen LogP contribution is 2.65. The summed E-state index contributed by atoms with van der Waals surface area (Å²) >= 11 is 0. The highest BCUT2D eigenvalue weighted by atomic mass is 14.5. The first-order valence-corrected chi connectivity index (χ1v) is 29.5. The molecule has 1 spiro atoms. The SMILES string of the molecule is CC1CC2=C(C=C1C=C(c1ccccc1)c1ccccc1)C1(c3cc(C=C(c4ccccc4)c4ccccc4)ccc32)c2cc(C=C(c3ccccc3)c3ccccc3)ccc2-c2ccc(/C=C(/C3=CC=CCC3C)c3ccccc3)cc21. The molecule has 10 aromatic carbocycles. The zero-order valence-corrected chi connectivity index (χ0v) is 47.1. The number of rotatable bonds is 12. The standard InChI is InChI=1S/C83H64/c1-57-26-24-25-41-70(57)77(68-39-22-9-23-40-68)51-61-43-46-72-71-45-42-59(49-74(62-27-10-3-11-28-62)63-29-12-4-13-30-63)52-79(71)83(80(72)54-61)81-53-60(50-75(64-31-14-5-15-32-64)65-33-16-6-17-34-65)44-47-73(81)78-48-58(2)69(56-82(78)83)55-76(66-35-18-7-19-36-66)67-37-20-8-21-38-67/h3-25,27-47,49-58H,26,48H2,1-2H3/b77-51+. The minimum absolute atomic E-state index is 0.248. The molecule has 10 aromatic rings. The molecule has 0 fully saturated rings. The van der Waals surface area contributed by atoms with E-state index < -0.39 is 5.41 Å². The summed E-state index contributed by atoms with van der Waals surface area (Å²) in [5.74, 6) is 0.632. The van der Waals surface area contributed by atoms with Crippen molar-refractivity contribution in [3.05, 3.63) is 392 Å². The molecule has 83 heavy (non-hydrogen) atoms. The van der Waals surface area contributed by atoms with Crippen LogP contribution in [0, 0.1) is 11.8 Å². The quantitative estimate of drug-likeness (QED) is 0.107. The van der Waals surface area contributed by atoms with E-state index >= 15 is 0 Å². The molecule has 0 bridgehead atoms. The lowest BCUT2D eigenvalue weighted by molar-refractivity contribution is 0.698. The Hall–Kier alpha value is -9.88. The zero-order valence-electron chi connectivity index (χ0n) is 47.1. The predicted octanol–water partition coefficient (Wildman–Crippen LogP) is 21.1. The maximum absolute atomic E-state index is 2.63. The van der Waals surface area contributed by atoms with Crippen LogP contribution in [0.3, 0.4) is 0 Å². The van der Waals surface area contributed by atoms with Crippen molar-refractivity contribution >= 4 is 46.1 Å². The molecule has 3 unspecified atom stereocenters. The smallest absolute Gasteiger partial charge is 0.0723 e. The highest BCUT2D eigenvalue weighted by molar-refractivity contribution is 6.01. The van der Waals surface area contributed by atoms with Gasteiger partial charge < -0.3 is 0 Å². The van der Waals surface area contributed by atoms with Crippen LogP contribution in [0.15, 0.2) is 314 Å². The zero-order chi connectivity index (χ0) is 55.7. The Kier molecular flexibility index (Phi) is 13.7. The summed E-state index contributed by atoms with van der Waals surface area (Å²) in [7, 11) is 0. The normalized spacial score (nSPS) is 17.3. The van der Waals surface area contributed by atoms with Crippen molar-refractivity contribution in [2.24, 2.45) is 11.8 Å². The fourth-order valence-corrected chi connectivity index (χ4v) is 13.6. The van der Waals surface area contributed by atoms with E-state index in [1.807, 2.05) is 0 Å². The average molecular weight is 1060 g/mol. The second-order valence-electron chi connectivity index (χ2n) is 22.8. The van der Waals surface area contributed by atoms with E-state index in [-0.39, 0.29) is 5.92 Å². The van der Waals surface area contributed by atoms with E-state index in [9.17, 15) is 0 Å². The molecule has 3 atom stereocenters. The molecule has 0 heterocycles. The Morgan fingerprint density at radius 1 is 0.361 bits per heavy atom. The second kappa shape index (κ2) is 22.2. The van der Waals surface area contributed by atoms with Crippen molar-refractivity contribution in [3.8, 4) is 11.1 Å². The van der Waals surface area contributed by atoms with Crippen LogP contribution < -0.4 is 0 Å². The van der Waals surface area contributed by atoms with Crippen molar-refractivity contribution in [1.29, 1.82) is 0 Å². The molecule has 4 aliphatic carbocycles. The number of allylic oxidation sites excluding steroid dienone is 10. The van der Waals surface area contributed by atoms with E-state index in [0.717, 1.165) is 12.8 Å². The van der Waals surface area contributed by atoms with Gasteiger partial charge in [-0.15, -0.1) is 0 Å². The molecule has 0 nitrogen and oxygen atoms in total. The van der Waals surface area contributed by atoms with Crippen molar-refractivity contribution in [3.63, 3.8) is 0 Å². The molecule has 0 aliphatic heterocycles. The van der Waals surface area contributed by atoms with Crippen LogP contribution in [0.25, 0.3) is 57.2 Å². The van der Waals surface area contributed by atoms with Gasteiger partial charge in [0.25, 0.3) is 0 Å². The van der Waals surface area contributed by atoms with Crippen LogP contribution in [-0.2, 0) is 5.41 Å². The fraction of sp³-hybridized carbons (Fsp3) is 0.0843. The van der Waals surface area contributed by atoms with Crippen molar-refractivity contribution in [1.82, 2.24) is 0 Å². The van der Waals surface area contributed by atoms with Crippen molar-refractivity contribution in [2.75, 3.05) is 0 Å². The number of fused-ring (bicyclic) bond motifs is 9. The topological polar surface area (TPSA) is 0 Å². The van der Waals surface area contributed by atoms with Gasteiger partial charge in [-0.1, -0.05) is 293 Å². The van der Waals surface area contributed by atoms with E-state index in [0.29, 0.717) is 5.92 Å². The van der Waals surface area contributed by atoms with Crippen molar-refractivity contribution < 1.29 is 0 Å². The molecule has 0 aromatic heterocycles. The summed E-state index contributed by atoms with van der Waals surface area (Å²) < 4.78 is 0. The van der Waals surface area contributed by atoms with E-state index in [1.165, 1.54) is 134 Å². The monoisotopic (exact) mass is 1060 g/mol. The molecule has 0 saturated carbocycles. The number of hydrogen-bond donors (Lipinski definition) is 0. The second-order valence-corrected chi connectivity index (χ2v) is 22.8. The van der Waals surface area contributed by atoms with Gasteiger partial charge in [0.05, 0.1) is 5.41 Å². The molecular formula is C83H64. The first kappa shape index (κ1) is 51.3. The molecule has 0 heteroatoms. The van der Waals surface area contributed by atoms with Crippen LogP contribution in [0.5, 0.6) is 0 Å². The predicted molar refractivity (Wildman–Crippen MR) is 352 cm³/mol. The molecule has 396 valence electrons. The Balaban J connectivity index is 1.07. The van der Waals surface area contributed by atoms with E-state index in [1.54, 1.807) is 0 Å². The van der Waals surface area contributed by atoms with Gasteiger partial charge >= 0.3 is 0 Å². The third-order valence-corrected chi connectivity index (χ3v) is 17.7. The summed E-state index contributed by atoms with van der Waals surface area (Å²) in [6.07, 6.45) is 21.3. The summed E-state index contributed by atoms with van der Waals surface area (Å²) in [6, 6.07) is 98.7. The highest BCUT2D eigenvalue weighted by Gasteiger charge is 2.53. The summed E-state index contributed by atoms with van der Waals surface area (Å²) in [5, 5.41) is 0. The van der Waals surface area contributed by atoms with Gasteiger partial charge in [-0.2, -0.15) is 0 Å². The third-order valence-electron chi connectivity index (χ3n) is 17.7. The van der Waals surface area contributed by atoms with Gasteiger partial charge in [-0.05, 0) is 195 Å². The molecule has 14 rings (SSSR count). The third kappa shape index (κ3) is 9.61. The van der Waals surface area contributed by atoms with E-state index in [2.05, 4.69) is 329 Å². The average Bonchev–Trinajstić information content (AvgIpc) is 2.26. The lowest BCUT2D eigenvalue weighted by atomic mass is 9.67. The molecule has 0 radical (unpaired) electrons. The molecule has 0 N–H and O–H groups in total.